The van der Waals surface area contributed by atoms with E-state index in [0.717, 1.165) is 33.5 Å². The van der Waals surface area contributed by atoms with Gasteiger partial charge in [0.25, 0.3) is 0 Å². The Kier molecular flexibility index (Phi) is 10.9. The Labute approximate surface area is 274 Å². The molecule has 0 saturated heterocycles. The van der Waals surface area contributed by atoms with Gasteiger partial charge in [0.15, 0.2) is 0 Å². The number of carbonyl (C=O) groups excluding carboxylic acids is 2. The minimum atomic E-state index is -0.967. The number of nitrogens with one attached hydrogen (secondary N) is 1. The van der Waals surface area contributed by atoms with Crippen LogP contribution in [0, 0.1) is 5.41 Å². The van der Waals surface area contributed by atoms with E-state index in [9.17, 15) is 14.7 Å². The Morgan fingerprint density at radius 1 is 1.09 bits per heavy atom. The SMILES string of the molecule is CCn1c(-c2cccnc2C(C)OC)c(CC(C)(C)CO)c2nc(-c3csc(CC(NC(=O)OC(C)(C)C)C(=O)OC)n3)ccc21. The number of thiazole rings is 1. The molecule has 0 spiro atoms. The summed E-state index contributed by atoms with van der Waals surface area (Å²) in [5.41, 5.74) is 5.79. The molecule has 0 aromatic carbocycles. The van der Waals surface area contributed by atoms with Gasteiger partial charge in [-0.1, -0.05) is 13.8 Å². The van der Waals surface area contributed by atoms with E-state index in [2.05, 4.69) is 28.9 Å². The highest BCUT2D eigenvalue weighted by Crippen LogP contribution is 2.40. The zero-order valence-corrected chi connectivity index (χ0v) is 28.9. The smallest absolute Gasteiger partial charge is 0.408 e. The maximum atomic E-state index is 12.5. The summed E-state index contributed by atoms with van der Waals surface area (Å²) < 4.78 is 18.2. The summed E-state index contributed by atoms with van der Waals surface area (Å²) in [4.78, 5) is 39.6. The zero-order valence-electron chi connectivity index (χ0n) is 28.1. The van der Waals surface area contributed by atoms with E-state index in [1.807, 2.05) is 38.3 Å². The van der Waals surface area contributed by atoms with Crippen LogP contribution in [-0.2, 0) is 38.4 Å². The number of aryl methyl sites for hydroxylation is 1. The predicted octanol–water partition coefficient (Wildman–Crippen LogP) is 6.12. The molecule has 1 amide bonds. The zero-order chi connectivity index (χ0) is 33.8. The largest absolute Gasteiger partial charge is 0.467 e. The monoisotopic (exact) mass is 651 g/mol. The van der Waals surface area contributed by atoms with Crippen LogP contribution < -0.4 is 5.32 Å². The van der Waals surface area contributed by atoms with Crippen LogP contribution >= 0.6 is 11.3 Å². The number of rotatable bonds is 12. The van der Waals surface area contributed by atoms with E-state index in [1.54, 1.807) is 34.1 Å². The number of aliphatic hydroxyl groups is 1. The van der Waals surface area contributed by atoms with Gasteiger partial charge in [0.05, 0.1) is 52.0 Å². The van der Waals surface area contributed by atoms with Crippen molar-refractivity contribution in [1.29, 1.82) is 0 Å². The normalized spacial score (nSPS) is 13.4. The van der Waals surface area contributed by atoms with Crippen molar-refractivity contribution in [3.8, 4) is 22.6 Å². The lowest BCUT2D eigenvalue weighted by atomic mass is 9.85. The first-order valence-corrected chi connectivity index (χ1v) is 16.2. The lowest BCUT2D eigenvalue weighted by Crippen LogP contribution is -2.45. The predicted molar refractivity (Wildman–Crippen MR) is 179 cm³/mol. The molecular weight excluding hydrogens is 606 g/mol. The number of aliphatic hydroxyl groups excluding tert-OH is 1. The fraction of sp³-hybridized carbons (Fsp3) is 0.500. The number of amides is 1. The maximum Gasteiger partial charge on any atom is 0.408 e. The van der Waals surface area contributed by atoms with Crippen LogP contribution in [-0.4, -0.2) is 69.2 Å². The standard InChI is InChI=1S/C34H45N5O6S/c1-10-39-26-14-13-23(25-18-46-27(36-25)16-24(31(41)44-9)38-32(42)45-33(3,4)5)37-29(26)22(17-34(6,7)19-40)30(39)21-12-11-15-35-28(21)20(2)43-8/h11-15,18,20,24,40H,10,16-17,19H2,1-9H3,(H,38,42). The molecule has 4 aromatic heterocycles. The second-order valence-electron chi connectivity index (χ2n) is 13.0. The number of pyridine rings is 2. The number of hydrogen-bond donors (Lipinski definition) is 2. The molecule has 0 aliphatic rings. The number of alkyl carbamates (subject to hydrolysis) is 1. The van der Waals surface area contributed by atoms with Gasteiger partial charge in [-0.2, -0.15) is 0 Å². The molecule has 2 atom stereocenters. The van der Waals surface area contributed by atoms with Crippen molar-refractivity contribution in [1.82, 2.24) is 24.8 Å². The van der Waals surface area contributed by atoms with Crippen molar-refractivity contribution in [2.45, 2.75) is 85.6 Å². The maximum absolute atomic E-state index is 12.5. The van der Waals surface area contributed by atoms with Crippen LogP contribution in [0.25, 0.3) is 33.7 Å². The van der Waals surface area contributed by atoms with Crippen molar-refractivity contribution in [2.75, 3.05) is 20.8 Å². The van der Waals surface area contributed by atoms with E-state index in [-0.39, 0.29) is 19.1 Å². The molecule has 0 aliphatic carbocycles. The average molecular weight is 652 g/mol. The molecule has 248 valence electrons. The fourth-order valence-corrected chi connectivity index (χ4v) is 6.14. The van der Waals surface area contributed by atoms with Gasteiger partial charge in [0.2, 0.25) is 0 Å². The Hall–Kier alpha value is -3.87. The summed E-state index contributed by atoms with van der Waals surface area (Å²) in [5, 5.41) is 15.4. The van der Waals surface area contributed by atoms with E-state index >= 15 is 0 Å². The first-order valence-electron chi connectivity index (χ1n) is 15.3. The van der Waals surface area contributed by atoms with Crippen molar-refractivity contribution in [3.05, 3.63) is 52.1 Å². The molecule has 0 radical (unpaired) electrons. The number of nitrogens with zero attached hydrogens (tertiary/aromatic N) is 4. The molecule has 2 N–H and O–H groups in total. The second-order valence-corrected chi connectivity index (χ2v) is 13.9. The second kappa shape index (κ2) is 14.3. The third-order valence-corrected chi connectivity index (χ3v) is 8.48. The van der Waals surface area contributed by atoms with Gasteiger partial charge in [-0.25, -0.2) is 19.6 Å². The highest BCUT2D eigenvalue weighted by molar-refractivity contribution is 7.10. The summed E-state index contributed by atoms with van der Waals surface area (Å²) in [6, 6.07) is 7.01. The van der Waals surface area contributed by atoms with Gasteiger partial charge < -0.3 is 29.2 Å². The number of carbonyl (C=O) groups is 2. The van der Waals surface area contributed by atoms with E-state index in [0.29, 0.717) is 29.4 Å². The molecule has 4 aromatic rings. The Morgan fingerprint density at radius 2 is 1.83 bits per heavy atom. The number of hydrogen-bond acceptors (Lipinski definition) is 10. The number of methoxy groups -OCH3 is 2. The quantitative estimate of drug-likeness (QED) is 0.174. The number of aromatic nitrogens is 4. The molecule has 46 heavy (non-hydrogen) atoms. The first-order chi connectivity index (χ1) is 21.7. The molecule has 11 nitrogen and oxygen atoms in total. The molecule has 0 aliphatic heterocycles. The van der Waals surface area contributed by atoms with Gasteiger partial charge in [-0.3, -0.25) is 4.98 Å². The third kappa shape index (κ3) is 7.91. The minimum absolute atomic E-state index is 0.00738. The topological polar surface area (TPSA) is 138 Å². The summed E-state index contributed by atoms with van der Waals surface area (Å²) in [6.45, 7) is 14.1. The van der Waals surface area contributed by atoms with Crippen molar-refractivity contribution < 1.29 is 28.9 Å². The van der Waals surface area contributed by atoms with E-state index in [4.69, 9.17) is 29.2 Å². The van der Waals surface area contributed by atoms with Gasteiger partial charge >= 0.3 is 12.1 Å². The van der Waals surface area contributed by atoms with Crippen LogP contribution in [0.5, 0.6) is 0 Å². The van der Waals surface area contributed by atoms with Crippen LogP contribution in [0.2, 0.25) is 0 Å². The molecular formula is C34H45N5O6S. The van der Waals surface area contributed by atoms with Crippen LogP contribution in [0.4, 0.5) is 4.79 Å². The van der Waals surface area contributed by atoms with Crippen LogP contribution in [0.15, 0.2) is 35.8 Å². The van der Waals surface area contributed by atoms with Crippen molar-refractivity contribution >= 4 is 34.4 Å². The number of esters is 1. The lowest BCUT2D eigenvalue weighted by Gasteiger charge is -2.23. The molecule has 12 heteroatoms. The molecule has 0 bridgehead atoms. The average Bonchev–Trinajstić information content (AvgIpc) is 3.60. The first kappa shape index (κ1) is 35.0. The molecule has 4 rings (SSSR count). The van der Waals surface area contributed by atoms with Crippen LogP contribution in [0.1, 0.15) is 70.8 Å². The molecule has 0 fully saturated rings. The molecule has 4 heterocycles. The van der Waals surface area contributed by atoms with Crippen molar-refractivity contribution in [3.63, 3.8) is 0 Å². The lowest BCUT2D eigenvalue weighted by molar-refractivity contribution is -0.143. The van der Waals surface area contributed by atoms with Crippen molar-refractivity contribution in [2.24, 2.45) is 5.41 Å². The molecule has 0 saturated carbocycles. The minimum Gasteiger partial charge on any atom is -0.467 e. The highest BCUT2D eigenvalue weighted by atomic mass is 32.1. The van der Waals surface area contributed by atoms with Gasteiger partial charge in [0, 0.05) is 49.4 Å². The number of fused-ring (bicyclic) bond motifs is 1. The summed E-state index contributed by atoms with van der Waals surface area (Å²) >= 11 is 1.37. The highest BCUT2D eigenvalue weighted by Gasteiger charge is 2.29. The number of ether oxygens (including phenoxy) is 3. The van der Waals surface area contributed by atoms with E-state index in [1.165, 1.54) is 18.4 Å². The fourth-order valence-electron chi connectivity index (χ4n) is 5.30. The Bertz CT molecular complexity index is 1690. The summed E-state index contributed by atoms with van der Waals surface area (Å²) in [6.07, 6.45) is 1.54. The summed E-state index contributed by atoms with van der Waals surface area (Å²) in [5.74, 6) is -0.593. The van der Waals surface area contributed by atoms with Gasteiger partial charge in [-0.15, -0.1) is 11.3 Å². The third-order valence-electron chi connectivity index (χ3n) is 7.61. The van der Waals surface area contributed by atoms with E-state index < -0.39 is 29.1 Å². The Balaban J connectivity index is 1.79. The van der Waals surface area contributed by atoms with Crippen LogP contribution in [0.3, 0.4) is 0 Å². The van der Waals surface area contributed by atoms with Gasteiger partial charge in [-0.05, 0) is 70.7 Å². The summed E-state index contributed by atoms with van der Waals surface area (Å²) in [7, 11) is 2.94. The molecule has 2 unspecified atom stereocenters. The Morgan fingerprint density at radius 3 is 2.46 bits per heavy atom. The van der Waals surface area contributed by atoms with Gasteiger partial charge in [0.1, 0.15) is 11.6 Å².